The number of hydrogen-bond donors (Lipinski definition) is 3. The highest BCUT2D eigenvalue weighted by atomic mass is 19.1. The van der Waals surface area contributed by atoms with Crippen molar-refractivity contribution >= 4 is 42.5 Å². The number of carbonyl (C=O) groups is 2. The van der Waals surface area contributed by atoms with E-state index in [4.69, 9.17) is 13.3 Å². The number of aromatic nitrogens is 1. The van der Waals surface area contributed by atoms with Crippen LogP contribution in [0.1, 0.15) is 32.7 Å². The quantitative estimate of drug-likeness (QED) is 0.331. The molecule has 2 aromatic carbocycles. The summed E-state index contributed by atoms with van der Waals surface area (Å²) in [5, 5.41) is 13.4. The molecule has 1 aliphatic heterocycles. The maximum atomic E-state index is 13.8. The van der Waals surface area contributed by atoms with Crippen LogP contribution in [0.5, 0.6) is 0 Å². The van der Waals surface area contributed by atoms with Crippen LogP contribution in [0.15, 0.2) is 60.8 Å². The third-order valence-corrected chi connectivity index (χ3v) is 5.10. The molecule has 2 radical (unpaired) electrons. The van der Waals surface area contributed by atoms with E-state index in [9.17, 15) is 14.0 Å². The highest BCUT2D eigenvalue weighted by molar-refractivity contribution is 6.32. The Balaban J connectivity index is 1.49. The van der Waals surface area contributed by atoms with Gasteiger partial charge in [-0.3, -0.25) is 15.0 Å². The molecule has 0 unspecified atom stereocenters. The zero-order valence-electron chi connectivity index (χ0n) is 17.1. The number of pyridine rings is 1. The molecule has 1 saturated heterocycles. The van der Waals surface area contributed by atoms with Gasteiger partial charge in [-0.1, -0.05) is 23.7 Å². The van der Waals surface area contributed by atoms with Crippen molar-refractivity contribution in [1.82, 2.24) is 9.88 Å². The molecule has 0 bridgehead atoms. The van der Waals surface area contributed by atoms with Gasteiger partial charge in [0.05, 0.1) is 11.3 Å². The van der Waals surface area contributed by atoms with Crippen LogP contribution in [0, 0.1) is 11.2 Å². The van der Waals surface area contributed by atoms with Gasteiger partial charge in [0.25, 0.3) is 11.8 Å². The highest BCUT2D eigenvalue weighted by Crippen LogP contribution is 2.20. The Kier molecular flexibility index (Phi) is 5.98. The van der Waals surface area contributed by atoms with E-state index in [2.05, 4.69) is 15.6 Å². The molecule has 3 N–H and O–H groups in total. The van der Waals surface area contributed by atoms with Gasteiger partial charge in [-0.05, 0) is 42.8 Å². The summed E-state index contributed by atoms with van der Waals surface area (Å²) in [6, 6.07) is 13.3. The van der Waals surface area contributed by atoms with Gasteiger partial charge in [0.2, 0.25) is 0 Å². The molecule has 32 heavy (non-hydrogen) atoms. The lowest BCUT2D eigenvalue weighted by atomic mass is 9.99. The zero-order chi connectivity index (χ0) is 22.7. The Labute approximate surface area is 185 Å². The van der Waals surface area contributed by atoms with Crippen molar-refractivity contribution in [3.05, 3.63) is 83.3 Å². The van der Waals surface area contributed by atoms with E-state index in [1.54, 1.807) is 30.3 Å². The van der Waals surface area contributed by atoms with E-state index >= 15 is 0 Å². The van der Waals surface area contributed by atoms with Gasteiger partial charge in [-0.2, -0.15) is 0 Å². The molecular formula is C23H19BFN5O2. The number of nitrogens with one attached hydrogen (secondary N) is 3. The van der Waals surface area contributed by atoms with Crippen LogP contribution in [0.4, 0.5) is 15.9 Å². The first-order valence-corrected chi connectivity index (χ1v) is 9.98. The van der Waals surface area contributed by atoms with Crippen LogP contribution in [-0.4, -0.2) is 48.5 Å². The molecule has 3 aromatic rings. The summed E-state index contributed by atoms with van der Waals surface area (Å²) >= 11 is 0. The molecule has 1 fully saturated rings. The number of rotatable bonds is 5. The van der Waals surface area contributed by atoms with Crippen LogP contribution in [0.2, 0.25) is 0 Å². The Morgan fingerprint density at radius 2 is 1.69 bits per heavy atom. The average Bonchev–Trinajstić information content (AvgIpc) is 2.75. The third-order valence-electron chi connectivity index (χ3n) is 5.10. The van der Waals surface area contributed by atoms with Gasteiger partial charge in [-0.25, -0.2) is 9.37 Å². The summed E-state index contributed by atoms with van der Waals surface area (Å²) in [4.78, 5) is 31.3. The monoisotopic (exact) mass is 427 g/mol. The van der Waals surface area contributed by atoms with Gasteiger partial charge >= 0.3 is 0 Å². The van der Waals surface area contributed by atoms with E-state index in [1.165, 1.54) is 18.3 Å². The summed E-state index contributed by atoms with van der Waals surface area (Å²) in [6.45, 7) is 1.73. The van der Waals surface area contributed by atoms with Crippen LogP contribution in [0.3, 0.4) is 0 Å². The summed E-state index contributed by atoms with van der Waals surface area (Å²) in [5.74, 6) is -1.04. The van der Waals surface area contributed by atoms with Gasteiger partial charge in [0.1, 0.15) is 25.3 Å². The number of likely N-dealkylation sites (tertiary alicyclic amines) is 1. The van der Waals surface area contributed by atoms with Crippen molar-refractivity contribution in [3.63, 3.8) is 0 Å². The maximum Gasteiger partial charge on any atom is 0.259 e. The average molecular weight is 427 g/mol. The van der Waals surface area contributed by atoms with Gasteiger partial charge in [0, 0.05) is 30.4 Å². The predicted octanol–water partition coefficient (Wildman–Crippen LogP) is 2.55. The normalized spacial score (nSPS) is 12.6. The van der Waals surface area contributed by atoms with Crippen molar-refractivity contribution in [1.29, 1.82) is 5.41 Å². The minimum absolute atomic E-state index is 0.0480. The molecule has 4 rings (SSSR count). The lowest BCUT2D eigenvalue weighted by molar-refractivity contribution is 0.102. The topological polar surface area (TPSA) is 98.2 Å². The fourth-order valence-electron chi connectivity index (χ4n) is 3.17. The zero-order valence-corrected chi connectivity index (χ0v) is 17.1. The summed E-state index contributed by atoms with van der Waals surface area (Å²) in [6.07, 6.45) is 2.46. The largest absolute Gasteiger partial charge is 0.356 e. The fraction of sp³-hybridized carbons (Fsp3) is 0.130. The summed E-state index contributed by atoms with van der Waals surface area (Å²) in [5.41, 5.74) is 1.61. The molecule has 0 aliphatic carbocycles. The summed E-state index contributed by atoms with van der Waals surface area (Å²) in [7, 11) is 5.59. The van der Waals surface area contributed by atoms with Crippen LogP contribution in [0.25, 0.3) is 0 Å². The standard InChI is InChI=1S/C23H19BFN5O2/c24-16-6-9-20(27-13-16)29-23(32)18-12-17(25)7-8-19(18)28-22(31)15-4-2-14(3-5-15)21(26)30-10-1-11-30/h2-9,12-13,26H,1,10-11H2,(H,28,31)(H,27,29,32). The number of amidine groups is 1. The van der Waals surface area contributed by atoms with E-state index in [1.807, 2.05) is 4.90 Å². The number of anilines is 2. The number of amides is 2. The van der Waals surface area contributed by atoms with Crippen molar-refractivity contribution < 1.29 is 14.0 Å². The fourth-order valence-corrected chi connectivity index (χ4v) is 3.17. The van der Waals surface area contributed by atoms with E-state index in [0.29, 0.717) is 16.9 Å². The molecule has 9 heteroatoms. The van der Waals surface area contributed by atoms with E-state index < -0.39 is 17.6 Å². The van der Waals surface area contributed by atoms with Gasteiger partial charge in [-0.15, -0.1) is 0 Å². The molecule has 1 aliphatic rings. The molecule has 7 nitrogen and oxygen atoms in total. The first kappa shape index (κ1) is 21.2. The second kappa shape index (κ2) is 9.01. The first-order chi connectivity index (χ1) is 15.4. The van der Waals surface area contributed by atoms with E-state index in [0.717, 1.165) is 37.2 Å². The minimum Gasteiger partial charge on any atom is -0.356 e. The van der Waals surface area contributed by atoms with Crippen molar-refractivity contribution in [2.24, 2.45) is 0 Å². The van der Waals surface area contributed by atoms with Crippen LogP contribution < -0.4 is 16.1 Å². The van der Waals surface area contributed by atoms with Gasteiger partial charge in [0.15, 0.2) is 0 Å². The Morgan fingerprint density at radius 3 is 2.31 bits per heavy atom. The molecule has 158 valence electrons. The SMILES string of the molecule is [B]c1ccc(NC(=O)c2cc(F)ccc2NC(=O)c2ccc(C(=N)N3CCC3)cc2)nc1. The molecule has 1 aromatic heterocycles. The van der Waals surface area contributed by atoms with Crippen molar-refractivity contribution in [2.75, 3.05) is 23.7 Å². The highest BCUT2D eigenvalue weighted by Gasteiger charge is 2.19. The van der Waals surface area contributed by atoms with Crippen molar-refractivity contribution in [3.8, 4) is 0 Å². The Morgan fingerprint density at radius 1 is 0.969 bits per heavy atom. The van der Waals surface area contributed by atoms with E-state index in [-0.39, 0.29) is 17.1 Å². The second-order valence-corrected chi connectivity index (χ2v) is 7.34. The summed E-state index contributed by atoms with van der Waals surface area (Å²) < 4.78 is 13.8. The molecule has 0 saturated carbocycles. The number of nitrogens with zero attached hydrogens (tertiary/aromatic N) is 2. The number of benzene rings is 2. The van der Waals surface area contributed by atoms with Gasteiger partial charge < -0.3 is 15.5 Å². The minimum atomic E-state index is -0.629. The molecule has 2 amide bonds. The van der Waals surface area contributed by atoms with Crippen molar-refractivity contribution in [2.45, 2.75) is 6.42 Å². The number of carbonyl (C=O) groups excluding carboxylic acids is 2. The Bertz CT molecular complexity index is 1180. The lowest BCUT2D eigenvalue weighted by Gasteiger charge is -2.33. The molecule has 2 heterocycles. The number of hydrogen-bond acceptors (Lipinski definition) is 4. The third kappa shape index (κ3) is 4.67. The lowest BCUT2D eigenvalue weighted by Crippen LogP contribution is -2.42. The maximum absolute atomic E-state index is 13.8. The molecular weight excluding hydrogens is 408 g/mol. The predicted molar refractivity (Wildman–Crippen MR) is 121 cm³/mol. The smallest absolute Gasteiger partial charge is 0.259 e. The molecule has 0 atom stereocenters. The Hall–Kier alpha value is -4.01. The second-order valence-electron chi connectivity index (χ2n) is 7.34. The van der Waals surface area contributed by atoms with Crippen LogP contribution in [-0.2, 0) is 0 Å². The molecule has 0 spiro atoms. The first-order valence-electron chi connectivity index (χ1n) is 9.98. The van der Waals surface area contributed by atoms with Crippen LogP contribution >= 0.6 is 0 Å². The number of halogens is 1.